The predicted octanol–water partition coefficient (Wildman–Crippen LogP) is 1.93. The van der Waals surface area contributed by atoms with Crippen LogP contribution < -0.4 is 15.5 Å². The number of hydrogen-bond donors (Lipinski definition) is 2. The van der Waals surface area contributed by atoms with Crippen LogP contribution in [0.2, 0.25) is 0 Å². The van der Waals surface area contributed by atoms with Crippen molar-refractivity contribution in [3.63, 3.8) is 0 Å². The lowest BCUT2D eigenvalue weighted by Gasteiger charge is -2.22. The van der Waals surface area contributed by atoms with Gasteiger partial charge in [-0.25, -0.2) is 4.98 Å². The number of nitrogens with zero attached hydrogens (tertiary/aromatic N) is 2. The maximum absolute atomic E-state index is 11.8. The van der Waals surface area contributed by atoms with Crippen LogP contribution in [-0.2, 0) is 11.3 Å². The monoisotopic (exact) mass is 292 g/mol. The van der Waals surface area contributed by atoms with Gasteiger partial charge >= 0.3 is 0 Å². The molecule has 2 N–H and O–H groups in total. The van der Waals surface area contributed by atoms with E-state index in [1.165, 1.54) is 0 Å². The van der Waals surface area contributed by atoms with Crippen LogP contribution in [0.1, 0.15) is 39.7 Å². The molecule has 1 aromatic heterocycles. The molecule has 1 rings (SSSR count). The van der Waals surface area contributed by atoms with E-state index in [0.717, 1.165) is 37.4 Å². The van der Waals surface area contributed by atoms with Crippen LogP contribution in [0.4, 0.5) is 5.82 Å². The van der Waals surface area contributed by atoms with Crippen LogP contribution in [0.25, 0.3) is 0 Å². The second-order valence-electron chi connectivity index (χ2n) is 5.44. The molecule has 21 heavy (non-hydrogen) atoms. The van der Waals surface area contributed by atoms with Crippen molar-refractivity contribution < 1.29 is 4.79 Å². The Morgan fingerprint density at radius 3 is 2.62 bits per heavy atom. The number of rotatable bonds is 9. The molecule has 0 spiro atoms. The zero-order chi connectivity index (χ0) is 15.7. The van der Waals surface area contributed by atoms with Gasteiger partial charge in [-0.05, 0) is 45.4 Å². The molecule has 5 nitrogen and oxygen atoms in total. The van der Waals surface area contributed by atoms with Gasteiger partial charge in [0.05, 0.1) is 6.54 Å². The second-order valence-corrected chi connectivity index (χ2v) is 5.44. The molecule has 0 saturated heterocycles. The topological polar surface area (TPSA) is 57.3 Å². The summed E-state index contributed by atoms with van der Waals surface area (Å²) in [6, 6.07) is 4.21. The molecule has 118 valence electrons. The number of likely N-dealkylation sites (N-methyl/N-ethyl adjacent to an activating group) is 1. The Hall–Kier alpha value is -1.62. The van der Waals surface area contributed by atoms with Gasteiger partial charge in [0.1, 0.15) is 5.82 Å². The van der Waals surface area contributed by atoms with E-state index in [0.29, 0.717) is 6.54 Å². The highest BCUT2D eigenvalue weighted by molar-refractivity contribution is 5.81. The zero-order valence-electron chi connectivity index (χ0n) is 13.6. The van der Waals surface area contributed by atoms with E-state index in [-0.39, 0.29) is 11.9 Å². The van der Waals surface area contributed by atoms with E-state index in [2.05, 4.69) is 28.6 Å². The fourth-order valence-corrected chi connectivity index (χ4v) is 2.01. The van der Waals surface area contributed by atoms with Gasteiger partial charge in [-0.2, -0.15) is 0 Å². The molecule has 0 fully saturated rings. The Labute approximate surface area is 128 Å². The van der Waals surface area contributed by atoms with Gasteiger partial charge in [-0.1, -0.05) is 13.0 Å². The average molecular weight is 292 g/mol. The number of pyridine rings is 1. The molecular weight excluding hydrogens is 264 g/mol. The maximum Gasteiger partial charge on any atom is 0.239 e. The lowest BCUT2D eigenvalue weighted by Crippen LogP contribution is -2.40. The average Bonchev–Trinajstić information content (AvgIpc) is 2.45. The van der Waals surface area contributed by atoms with Crippen molar-refractivity contribution in [1.82, 2.24) is 15.6 Å². The standard InChI is InChI=1S/C16H28N4O/c1-5-9-17-10-14-7-8-15(18-11-14)20(6-2)12-16(21)19-13(3)4/h7-8,11,13,17H,5-6,9-10,12H2,1-4H3,(H,19,21). The van der Waals surface area contributed by atoms with E-state index in [1.54, 1.807) is 0 Å². The number of aromatic nitrogens is 1. The van der Waals surface area contributed by atoms with Crippen LogP contribution >= 0.6 is 0 Å². The molecule has 1 aromatic rings. The molecule has 1 heterocycles. The number of anilines is 1. The molecule has 0 atom stereocenters. The summed E-state index contributed by atoms with van der Waals surface area (Å²) < 4.78 is 0. The summed E-state index contributed by atoms with van der Waals surface area (Å²) in [5, 5.41) is 6.25. The highest BCUT2D eigenvalue weighted by Gasteiger charge is 2.11. The fourth-order valence-electron chi connectivity index (χ4n) is 2.01. The second kappa shape index (κ2) is 9.34. The molecule has 0 bridgehead atoms. The first-order chi connectivity index (χ1) is 10.1. The van der Waals surface area contributed by atoms with Crippen LogP contribution in [0, 0.1) is 0 Å². The summed E-state index contributed by atoms with van der Waals surface area (Å²) >= 11 is 0. The van der Waals surface area contributed by atoms with Gasteiger partial charge in [-0.15, -0.1) is 0 Å². The molecule has 0 aromatic carbocycles. The van der Waals surface area contributed by atoms with Gasteiger partial charge in [0.15, 0.2) is 0 Å². The Morgan fingerprint density at radius 2 is 2.10 bits per heavy atom. The minimum absolute atomic E-state index is 0.0299. The third-order valence-electron chi connectivity index (χ3n) is 3.05. The third kappa shape index (κ3) is 6.58. The highest BCUT2D eigenvalue weighted by Crippen LogP contribution is 2.11. The van der Waals surface area contributed by atoms with Gasteiger partial charge in [0.2, 0.25) is 5.91 Å². The van der Waals surface area contributed by atoms with Crippen molar-refractivity contribution in [2.75, 3.05) is 24.5 Å². The Bertz CT molecular complexity index is 417. The molecule has 0 aliphatic rings. The van der Waals surface area contributed by atoms with Crippen LogP contribution in [0.3, 0.4) is 0 Å². The molecular formula is C16H28N4O. The lowest BCUT2D eigenvalue weighted by molar-refractivity contribution is -0.120. The fraction of sp³-hybridized carbons (Fsp3) is 0.625. The molecule has 5 heteroatoms. The smallest absolute Gasteiger partial charge is 0.239 e. The number of hydrogen-bond acceptors (Lipinski definition) is 4. The van der Waals surface area contributed by atoms with Crippen LogP contribution in [0.15, 0.2) is 18.3 Å². The number of amides is 1. The largest absolute Gasteiger partial charge is 0.352 e. The van der Waals surface area contributed by atoms with Gasteiger partial charge < -0.3 is 15.5 Å². The maximum atomic E-state index is 11.8. The summed E-state index contributed by atoms with van der Waals surface area (Å²) in [5.41, 5.74) is 1.16. The first kappa shape index (κ1) is 17.4. The molecule has 0 aliphatic heterocycles. The first-order valence-corrected chi connectivity index (χ1v) is 7.76. The first-order valence-electron chi connectivity index (χ1n) is 7.76. The summed E-state index contributed by atoms with van der Waals surface area (Å²) in [7, 11) is 0. The number of carbonyl (C=O) groups is 1. The van der Waals surface area contributed by atoms with Crippen molar-refractivity contribution >= 4 is 11.7 Å². The van der Waals surface area contributed by atoms with Crippen LogP contribution in [0.5, 0.6) is 0 Å². The molecule has 0 saturated carbocycles. The SMILES string of the molecule is CCCNCc1ccc(N(CC)CC(=O)NC(C)C)nc1. The molecule has 0 unspecified atom stereocenters. The van der Waals surface area contributed by atoms with Gasteiger partial charge in [0, 0.05) is 25.3 Å². The quantitative estimate of drug-likeness (QED) is 0.683. The number of nitrogens with one attached hydrogen (secondary N) is 2. The van der Waals surface area contributed by atoms with Crippen molar-refractivity contribution in [1.29, 1.82) is 0 Å². The lowest BCUT2D eigenvalue weighted by atomic mass is 10.2. The highest BCUT2D eigenvalue weighted by atomic mass is 16.2. The Kier molecular flexibility index (Phi) is 7.75. The van der Waals surface area contributed by atoms with Crippen molar-refractivity contribution in [3.05, 3.63) is 23.9 Å². The molecule has 0 aliphatic carbocycles. The number of carbonyl (C=O) groups excluding carboxylic acids is 1. The zero-order valence-corrected chi connectivity index (χ0v) is 13.6. The van der Waals surface area contributed by atoms with E-state index >= 15 is 0 Å². The Morgan fingerprint density at radius 1 is 1.33 bits per heavy atom. The van der Waals surface area contributed by atoms with E-state index in [9.17, 15) is 4.79 Å². The van der Waals surface area contributed by atoms with Gasteiger partial charge in [0.25, 0.3) is 0 Å². The summed E-state index contributed by atoms with van der Waals surface area (Å²) in [5.74, 6) is 0.873. The van der Waals surface area contributed by atoms with Crippen LogP contribution in [-0.4, -0.2) is 36.6 Å². The third-order valence-corrected chi connectivity index (χ3v) is 3.05. The van der Waals surface area contributed by atoms with E-state index in [1.807, 2.05) is 37.9 Å². The normalized spacial score (nSPS) is 10.7. The van der Waals surface area contributed by atoms with Crippen molar-refractivity contribution in [2.24, 2.45) is 0 Å². The van der Waals surface area contributed by atoms with Crippen molar-refractivity contribution in [2.45, 2.75) is 46.7 Å². The predicted molar refractivity (Wildman–Crippen MR) is 87.4 cm³/mol. The summed E-state index contributed by atoms with van der Waals surface area (Å²) in [6.07, 6.45) is 3.00. The molecule has 1 amide bonds. The Balaban J connectivity index is 2.58. The minimum Gasteiger partial charge on any atom is -0.352 e. The van der Waals surface area contributed by atoms with E-state index in [4.69, 9.17) is 0 Å². The summed E-state index contributed by atoms with van der Waals surface area (Å²) in [6.45, 7) is 11.0. The van der Waals surface area contributed by atoms with Gasteiger partial charge in [-0.3, -0.25) is 4.79 Å². The van der Waals surface area contributed by atoms with Crippen molar-refractivity contribution in [3.8, 4) is 0 Å². The molecule has 0 radical (unpaired) electrons. The minimum atomic E-state index is 0.0299. The van der Waals surface area contributed by atoms with E-state index < -0.39 is 0 Å². The summed E-state index contributed by atoms with van der Waals surface area (Å²) in [4.78, 5) is 18.3.